The SMILES string of the molecule is C1=CCC(c2nc(-c3ccccc3)cc(-c3cccc4oc5cc(N(c6ccccc6)c6ccc(-c7cccc8c7sc7ccccc78)cc6)c6ccccc6c5c34)n2)C=C1. The fourth-order valence-corrected chi connectivity index (χ4v) is 10.4. The third-order valence-corrected chi connectivity index (χ3v) is 13.2. The minimum absolute atomic E-state index is 0.0960. The van der Waals surface area contributed by atoms with Crippen LogP contribution < -0.4 is 4.90 Å². The first-order valence-corrected chi connectivity index (χ1v) is 21.6. The molecule has 1 atom stereocenters. The Labute approximate surface area is 357 Å². The second kappa shape index (κ2) is 14.6. The number of benzene rings is 8. The van der Waals surface area contributed by atoms with Crippen LogP contribution in [0.1, 0.15) is 18.2 Å². The van der Waals surface area contributed by atoms with Crippen molar-refractivity contribution in [1.29, 1.82) is 0 Å². The normalized spacial score (nSPS) is 13.9. The van der Waals surface area contributed by atoms with Crippen LogP contribution in [0.2, 0.25) is 0 Å². The van der Waals surface area contributed by atoms with E-state index < -0.39 is 0 Å². The molecule has 3 heterocycles. The van der Waals surface area contributed by atoms with Crippen LogP contribution in [0.5, 0.6) is 0 Å². The highest BCUT2D eigenvalue weighted by atomic mass is 32.1. The first-order chi connectivity index (χ1) is 30.2. The lowest BCUT2D eigenvalue weighted by Gasteiger charge is -2.27. The minimum atomic E-state index is 0.0960. The molecule has 11 aromatic rings. The number of fused-ring (bicyclic) bond motifs is 8. The molecular weight excluding hydrogens is 763 g/mol. The quantitative estimate of drug-likeness (QED) is 0.161. The Kier molecular flexibility index (Phi) is 8.46. The number of rotatable bonds is 7. The smallest absolute Gasteiger partial charge is 0.138 e. The molecule has 8 aromatic carbocycles. The fraction of sp³-hybridized carbons (Fsp3) is 0.0357. The Morgan fingerprint density at radius 3 is 2.02 bits per heavy atom. The molecule has 0 amide bonds. The van der Waals surface area contributed by atoms with Gasteiger partial charge in [0.15, 0.2) is 0 Å². The number of allylic oxidation sites excluding steroid dienone is 4. The van der Waals surface area contributed by atoms with Crippen LogP contribution in [0.15, 0.2) is 211 Å². The van der Waals surface area contributed by atoms with Crippen LogP contribution in [0.3, 0.4) is 0 Å². The second-order valence-electron chi connectivity index (χ2n) is 15.6. The molecule has 1 aliphatic carbocycles. The number of nitrogens with zero attached hydrogens (tertiary/aromatic N) is 3. The molecule has 4 nitrogen and oxygen atoms in total. The summed E-state index contributed by atoms with van der Waals surface area (Å²) in [5.41, 5.74) is 11.1. The zero-order chi connectivity index (χ0) is 40.3. The summed E-state index contributed by atoms with van der Waals surface area (Å²) >= 11 is 1.86. The van der Waals surface area contributed by atoms with Crippen molar-refractivity contribution in [2.75, 3.05) is 4.90 Å². The van der Waals surface area contributed by atoms with Crippen LogP contribution in [0, 0.1) is 0 Å². The van der Waals surface area contributed by atoms with Gasteiger partial charge in [0.25, 0.3) is 0 Å². The maximum absolute atomic E-state index is 6.90. The van der Waals surface area contributed by atoms with Crippen molar-refractivity contribution in [1.82, 2.24) is 9.97 Å². The molecule has 3 aromatic heterocycles. The van der Waals surface area contributed by atoms with Crippen LogP contribution in [0.25, 0.3) is 86.5 Å². The maximum Gasteiger partial charge on any atom is 0.138 e. The van der Waals surface area contributed by atoms with Crippen LogP contribution in [-0.4, -0.2) is 9.97 Å². The lowest BCUT2D eigenvalue weighted by Crippen LogP contribution is -2.10. The van der Waals surface area contributed by atoms with Gasteiger partial charge in [-0.1, -0.05) is 158 Å². The van der Waals surface area contributed by atoms with Crippen LogP contribution >= 0.6 is 11.3 Å². The summed E-state index contributed by atoms with van der Waals surface area (Å²) < 4.78 is 9.52. The monoisotopic (exact) mass is 799 g/mol. The van der Waals surface area contributed by atoms with E-state index in [2.05, 4.69) is 205 Å². The van der Waals surface area contributed by atoms with E-state index >= 15 is 0 Å². The summed E-state index contributed by atoms with van der Waals surface area (Å²) in [6.07, 6.45) is 9.45. The van der Waals surface area contributed by atoms with Gasteiger partial charge >= 0.3 is 0 Å². The van der Waals surface area contributed by atoms with Gasteiger partial charge in [0, 0.05) is 70.8 Å². The largest absolute Gasteiger partial charge is 0.456 e. The standard InChI is InChI=1S/C56H37N3OS/c1-4-16-37(17-5-1)47-34-48(58-56(57-47)38-18-6-2-7-19-38)46-27-15-28-50-54(46)53-44-24-11-10-22-42(44)49(35-51(53)60-50)59(39-20-8-3-9-21-39)40-32-30-36(31-33-40)41-25-14-26-45-43-23-12-13-29-52(43)61-55(41)45/h1-18,20-35,38H,19H2. The molecule has 0 aliphatic heterocycles. The average Bonchev–Trinajstić information content (AvgIpc) is 3.92. The highest BCUT2D eigenvalue weighted by molar-refractivity contribution is 7.26. The number of furan rings is 1. The van der Waals surface area contributed by atoms with E-state index in [0.717, 1.165) is 84.5 Å². The van der Waals surface area contributed by atoms with Gasteiger partial charge in [0.2, 0.25) is 0 Å². The summed E-state index contributed by atoms with van der Waals surface area (Å²) in [6, 6.07) is 64.8. The van der Waals surface area contributed by atoms with E-state index in [1.54, 1.807) is 0 Å². The van der Waals surface area contributed by atoms with Crippen molar-refractivity contribution in [3.8, 4) is 33.6 Å². The third-order valence-electron chi connectivity index (χ3n) is 12.0. The lowest BCUT2D eigenvalue weighted by atomic mass is 9.96. The number of hydrogen-bond donors (Lipinski definition) is 0. The van der Waals surface area contributed by atoms with Gasteiger partial charge in [-0.3, -0.25) is 0 Å². The molecule has 12 rings (SSSR count). The van der Waals surface area contributed by atoms with Gasteiger partial charge in [-0.2, -0.15) is 0 Å². The Morgan fingerprint density at radius 2 is 1.20 bits per heavy atom. The van der Waals surface area contributed by atoms with E-state index in [1.807, 2.05) is 17.4 Å². The molecular formula is C56H37N3OS. The summed E-state index contributed by atoms with van der Waals surface area (Å²) in [4.78, 5) is 12.8. The van der Waals surface area contributed by atoms with E-state index in [9.17, 15) is 0 Å². The van der Waals surface area contributed by atoms with Gasteiger partial charge in [0.1, 0.15) is 17.0 Å². The highest BCUT2D eigenvalue weighted by Crippen LogP contribution is 2.47. The van der Waals surface area contributed by atoms with Crippen molar-refractivity contribution >= 4 is 81.3 Å². The van der Waals surface area contributed by atoms with E-state index in [1.165, 1.54) is 31.3 Å². The Balaban J connectivity index is 1.04. The lowest BCUT2D eigenvalue weighted by molar-refractivity contribution is 0.669. The van der Waals surface area contributed by atoms with E-state index in [0.29, 0.717) is 0 Å². The molecule has 0 saturated carbocycles. The number of aromatic nitrogens is 2. The number of anilines is 3. The summed E-state index contributed by atoms with van der Waals surface area (Å²) in [6.45, 7) is 0. The summed E-state index contributed by atoms with van der Waals surface area (Å²) in [7, 11) is 0. The molecule has 0 spiro atoms. The van der Waals surface area contributed by atoms with Crippen molar-refractivity contribution in [3.63, 3.8) is 0 Å². The molecule has 1 aliphatic rings. The molecule has 0 radical (unpaired) electrons. The van der Waals surface area contributed by atoms with Gasteiger partial charge in [0.05, 0.1) is 17.1 Å². The Hall–Kier alpha value is -7.60. The van der Waals surface area contributed by atoms with Crippen LogP contribution in [-0.2, 0) is 0 Å². The Bertz CT molecular complexity index is 3510. The molecule has 0 N–H and O–H groups in total. The summed E-state index contributed by atoms with van der Waals surface area (Å²) in [5, 5.41) is 6.98. The van der Waals surface area contributed by atoms with Gasteiger partial charge in [-0.05, 0) is 65.4 Å². The predicted octanol–water partition coefficient (Wildman–Crippen LogP) is 16.0. The second-order valence-corrected chi connectivity index (χ2v) is 16.7. The minimum Gasteiger partial charge on any atom is -0.456 e. The van der Waals surface area contributed by atoms with Crippen molar-refractivity contribution < 1.29 is 4.42 Å². The van der Waals surface area contributed by atoms with Gasteiger partial charge in [-0.25, -0.2) is 9.97 Å². The average molecular weight is 800 g/mol. The van der Waals surface area contributed by atoms with Crippen LogP contribution in [0.4, 0.5) is 17.1 Å². The van der Waals surface area contributed by atoms with Crippen molar-refractivity contribution in [2.45, 2.75) is 12.3 Å². The maximum atomic E-state index is 6.90. The van der Waals surface area contributed by atoms with Crippen molar-refractivity contribution in [3.05, 3.63) is 212 Å². The molecule has 0 fully saturated rings. The van der Waals surface area contributed by atoms with Crippen molar-refractivity contribution in [2.24, 2.45) is 0 Å². The molecule has 61 heavy (non-hydrogen) atoms. The highest BCUT2D eigenvalue weighted by Gasteiger charge is 2.24. The molecule has 5 heteroatoms. The van der Waals surface area contributed by atoms with Gasteiger partial charge < -0.3 is 9.32 Å². The Morgan fingerprint density at radius 1 is 0.508 bits per heavy atom. The zero-order valence-electron chi connectivity index (χ0n) is 33.1. The first kappa shape index (κ1) is 35.4. The fourth-order valence-electron chi connectivity index (χ4n) is 9.13. The van der Waals surface area contributed by atoms with E-state index in [4.69, 9.17) is 14.4 Å². The predicted molar refractivity (Wildman–Crippen MR) is 256 cm³/mol. The topological polar surface area (TPSA) is 42.2 Å². The third kappa shape index (κ3) is 6.04. The number of thiophene rings is 1. The van der Waals surface area contributed by atoms with E-state index in [-0.39, 0.29) is 5.92 Å². The molecule has 1 unspecified atom stereocenters. The number of para-hydroxylation sites is 1. The zero-order valence-corrected chi connectivity index (χ0v) is 33.9. The summed E-state index contributed by atoms with van der Waals surface area (Å²) in [5.74, 6) is 0.914. The molecule has 0 saturated heterocycles. The molecule has 288 valence electrons. The van der Waals surface area contributed by atoms with Gasteiger partial charge in [-0.15, -0.1) is 11.3 Å². The number of hydrogen-bond acceptors (Lipinski definition) is 5. The molecule has 0 bridgehead atoms. The first-order valence-electron chi connectivity index (χ1n) is 20.8.